The molecule has 0 aliphatic heterocycles. The lowest BCUT2D eigenvalue weighted by Crippen LogP contribution is -2.03. The Hall–Kier alpha value is -0.580. The van der Waals surface area contributed by atoms with Crippen molar-refractivity contribution in [1.82, 2.24) is 4.98 Å². The Morgan fingerprint density at radius 2 is 1.78 bits per heavy atom. The molecule has 1 atom stereocenters. The highest BCUT2D eigenvalue weighted by Crippen LogP contribution is 2.33. The first kappa shape index (κ1) is 13.8. The minimum Gasteiger partial charge on any atom is -0.382 e. The van der Waals surface area contributed by atoms with E-state index in [1.807, 2.05) is 32.0 Å². The van der Waals surface area contributed by atoms with E-state index in [0.717, 1.165) is 31.5 Å². The molecule has 2 nitrogen and oxygen atoms in total. The molecule has 18 heavy (non-hydrogen) atoms. The smallest absolute Gasteiger partial charge is 0.120 e. The Morgan fingerprint density at radius 1 is 1.11 bits per heavy atom. The number of rotatable bonds is 2. The van der Waals surface area contributed by atoms with Crippen molar-refractivity contribution in [2.24, 2.45) is 0 Å². The molecule has 0 radical (unpaired) electrons. The number of H-pyrrole nitrogens is 1. The number of hydrogen-bond acceptors (Lipinski definition) is 1. The van der Waals surface area contributed by atoms with Gasteiger partial charge in [0.15, 0.2) is 0 Å². The van der Waals surface area contributed by atoms with Gasteiger partial charge >= 0.3 is 0 Å². The fourth-order valence-electron chi connectivity index (χ4n) is 2.02. The van der Waals surface area contributed by atoms with Crippen LogP contribution in [0.25, 0.3) is 0 Å². The zero-order valence-electron chi connectivity index (χ0n) is 10.5. The van der Waals surface area contributed by atoms with Crippen LogP contribution in [0.4, 0.5) is 0 Å². The molecule has 96 valence electrons. The quantitative estimate of drug-likeness (QED) is 0.797. The Bertz CT molecular complexity index is 590. The second kappa shape index (κ2) is 5.19. The van der Waals surface area contributed by atoms with Gasteiger partial charge in [0.05, 0.1) is 5.69 Å². The largest absolute Gasteiger partial charge is 0.382 e. The number of nitrogens with one attached hydrogen (secondary N) is 1. The summed E-state index contributed by atoms with van der Waals surface area (Å²) in [5, 5.41) is 10.5. The molecule has 0 spiro atoms. The van der Waals surface area contributed by atoms with Crippen LogP contribution in [0.15, 0.2) is 27.1 Å². The van der Waals surface area contributed by atoms with E-state index < -0.39 is 6.10 Å². The number of benzene rings is 1. The molecular formula is C14H15Br2NO. The lowest BCUT2D eigenvalue weighted by molar-refractivity contribution is 0.214. The third-order valence-electron chi connectivity index (χ3n) is 3.38. The van der Waals surface area contributed by atoms with Crippen LogP contribution < -0.4 is 0 Å². The predicted octanol–water partition coefficient (Wildman–Crippen LogP) is 4.55. The third kappa shape index (κ3) is 2.42. The summed E-state index contributed by atoms with van der Waals surface area (Å²) >= 11 is 6.90. The maximum absolute atomic E-state index is 10.5. The van der Waals surface area contributed by atoms with E-state index in [1.165, 1.54) is 5.56 Å². The second-order valence-corrected chi connectivity index (χ2v) is 6.25. The molecule has 1 heterocycles. The number of halogens is 2. The van der Waals surface area contributed by atoms with Crippen molar-refractivity contribution < 1.29 is 5.11 Å². The van der Waals surface area contributed by atoms with Gasteiger partial charge in [-0.25, -0.2) is 0 Å². The van der Waals surface area contributed by atoms with Crippen LogP contribution in [0.1, 0.15) is 34.2 Å². The highest BCUT2D eigenvalue weighted by atomic mass is 79.9. The molecule has 2 N–H and O–H groups in total. The monoisotopic (exact) mass is 371 g/mol. The second-order valence-electron chi connectivity index (χ2n) is 4.48. The number of aromatic nitrogens is 1. The summed E-state index contributed by atoms with van der Waals surface area (Å²) in [6.07, 6.45) is -0.639. The van der Waals surface area contributed by atoms with Crippen molar-refractivity contribution in [1.29, 1.82) is 0 Å². The van der Waals surface area contributed by atoms with Gasteiger partial charge in [-0.1, -0.05) is 37.9 Å². The Balaban J connectivity index is 2.47. The fraction of sp³-hybridized carbons (Fsp3) is 0.286. The molecule has 1 aromatic carbocycles. The van der Waals surface area contributed by atoms with E-state index in [2.05, 4.69) is 43.8 Å². The van der Waals surface area contributed by atoms with Crippen molar-refractivity contribution in [3.8, 4) is 0 Å². The maximum Gasteiger partial charge on any atom is 0.120 e. The van der Waals surface area contributed by atoms with E-state index in [1.54, 1.807) is 0 Å². The van der Waals surface area contributed by atoms with Crippen molar-refractivity contribution in [2.75, 3.05) is 0 Å². The number of aromatic amines is 1. The topological polar surface area (TPSA) is 36.0 Å². The van der Waals surface area contributed by atoms with Crippen LogP contribution >= 0.6 is 31.9 Å². The average Bonchev–Trinajstić information content (AvgIpc) is 2.56. The van der Waals surface area contributed by atoms with Crippen LogP contribution in [0.5, 0.6) is 0 Å². The van der Waals surface area contributed by atoms with Gasteiger partial charge in [-0.2, -0.15) is 0 Å². The standard InChI is InChI=1S/C14H15Br2NO/c1-7-8(2)13(17-9(7)3)14(18)11-5-4-10(15)6-12(11)16/h4-6,14,17-18H,1-3H3. The molecule has 0 aliphatic carbocycles. The highest BCUT2D eigenvalue weighted by molar-refractivity contribution is 9.11. The molecule has 4 heteroatoms. The third-order valence-corrected chi connectivity index (χ3v) is 4.56. The van der Waals surface area contributed by atoms with Crippen LogP contribution in [0.2, 0.25) is 0 Å². The van der Waals surface area contributed by atoms with Crippen LogP contribution in [0.3, 0.4) is 0 Å². The van der Waals surface area contributed by atoms with Gasteiger partial charge in [0.1, 0.15) is 6.10 Å². The van der Waals surface area contributed by atoms with E-state index in [0.29, 0.717) is 0 Å². The molecule has 2 aromatic rings. The zero-order chi connectivity index (χ0) is 13.4. The first-order valence-corrected chi connectivity index (χ1v) is 7.29. The maximum atomic E-state index is 10.5. The number of hydrogen-bond donors (Lipinski definition) is 2. The summed E-state index contributed by atoms with van der Waals surface area (Å²) in [7, 11) is 0. The minimum atomic E-state index is -0.639. The molecule has 0 amide bonds. The summed E-state index contributed by atoms with van der Waals surface area (Å²) in [4.78, 5) is 3.27. The molecule has 1 aromatic heterocycles. The average molecular weight is 373 g/mol. The first-order chi connectivity index (χ1) is 8.41. The molecule has 0 saturated carbocycles. The molecule has 0 saturated heterocycles. The summed E-state index contributed by atoms with van der Waals surface area (Å²) in [5.41, 5.74) is 5.16. The predicted molar refractivity (Wildman–Crippen MR) is 80.9 cm³/mol. The Kier molecular flexibility index (Phi) is 3.99. The summed E-state index contributed by atoms with van der Waals surface area (Å²) in [6, 6.07) is 5.79. The normalized spacial score (nSPS) is 12.8. The summed E-state index contributed by atoms with van der Waals surface area (Å²) in [6.45, 7) is 6.12. The zero-order valence-corrected chi connectivity index (χ0v) is 13.7. The van der Waals surface area contributed by atoms with Gasteiger partial charge in [0, 0.05) is 20.2 Å². The number of aryl methyl sites for hydroxylation is 1. The van der Waals surface area contributed by atoms with Gasteiger partial charge < -0.3 is 10.1 Å². The van der Waals surface area contributed by atoms with Crippen molar-refractivity contribution >= 4 is 31.9 Å². The molecule has 2 rings (SSSR count). The Labute approximate surface area is 124 Å². The van der Waals surface area contributed by atoms with Crippen LogP contribution in [-0.2, 0) is 0 Å². The van der Waals surface area contributed by atoms with Gasteiger partial charge in [-0.05, 0) is 44.0 Å². The van der Waals surface area contributed by atoms with Crippen LogP contribution in [0, 0.1) is 20.8 Å². The van der Waals surface area contributed by atoms with Crippen molar-refractivity contribution in [2.45, 2.75) is 26.9 Å². The van der Waals surface area contributed by atoms with E-state index in [4.69, 9.17) is 0 Å². The number of aliphatic hydroxyl groups is 1. The first-order valence-electron chi connectivity index (χ1n) is 5.70. The Morgan fingerprint density at radius 3 is 2.28 bits per heavy atom. The van der Waals surface area contributed by atoms with E-state index in [-0.39, 0.29) is 0 Å². The van der Waals surface area contributed by atoms with Crippen LogP contribution in [-0.4, -0.2) is 10.1 Å². The van der Waals surface area contributed by atoms with Crippen molar-refractivity contribution in [3.63, 3.8) is 0 Å². The summed E-state index contributed by atoms with van der Waals surface area (Å²) < 4.78 is 1.88. The molecule has 0 fully saturated rings. The van der Waals surface area contributed by atoms with Gasteiger partial charge in [-0.15, -0.1) is 0 Å². The SMILES string of the molecule is Cc1[nH]c(C(O)c2ccc(Br)cc2Br)c(C)c1C. The lowest BCUT2D eigenvalue weighted by atomic mass is 10.0. The summed E-state index contributed by atoms with van der Waals surface area (Å²) in [5.74, 6) is 0. The molecule has 1 unspecified atom stereocenters. The van der Waals surface area contributed by atoms with E-state index in [9.17, 15) is 5.11 Å². The molecular weight excluding hydrogens is 358 g/mol. The molecule has 0 aliphatic rings. The molecule has 0 bridgehead atoms. The highest BCUT2D eigenvalue weighted by Gasteiger charge is 2.19. The van der Waals surface area contributed by atoms with E-state index >= 15 is 0 Å². The van der Waals surface area contributed by atoms with Gasteiger partial charge in [0.2, 0.25) is 0 Å². The minimum absolute atomic E-state index is 0.639. The fourth-order valence-corrected chi connectivity index (χ4v) is 3.29. The number of aliphatic hydroxyl groups excluding tert-OH is 1. The lowest BCUT2D eigenvalue weighted by Gasteiger charge is -2.13. The van der Waals surface area contributed by atoms with Gasteiger partial charge in [-0.3, -0.25) is 0 Å². The van der Waals surface area contributed by atoms with Gasteiger partial charge in [0.25, 0.3) is 0 Å². The van der Waals surface area contributed by atoms with Crippen molar-refractivity contribution in [3.05, 3.63) is 55.2 Å².